The van der Waals surface area contributed by atoms with Gasteiger partial charge in [-0.2, -0.15) is 0 Å². The monoisotopic (exact) mass is 346 g/mol. The number of aromatic nitrogens is 5. The van der Waals surface area contributed by atoms with Crippen molar-refractivity contribution in [2.45, 2.75) is 19.5 Å². The van der Waals surface area contributed by atoms with Gasteiger partial charge in [-0.1, -0.05) is 41.6 Å². The van der Waals surface area contributed by atoms with Crippen LogP contribution in [0.15, 0.2) is 67.1 Å². The summed E-state index contributed by atoms with van der Waals surface area (Å²) in [6.45, 7) is 1.02. The van der Waals surface area contributed by atoms with Crippen molar-refractivity contribution in [1.82, 2.24) is 29.7 Å². The van der Waals surface area contributed by atoms with Crippen LogP contribution in [0.25, 0.3) is 5.65 Å². The minimum absolute atomic E-state index is 0.256. The van der Waals surface area contributed by atoms with E-state index in [9.17, 15) is 4.79 Å². The first-order chi connectivity index (χ1) is 12.8. The van der Waals surface area contributed by atoms with E-state index in [0.717, 1.165) is 17.8 Å². The molecular weight excluding hydrogens is 328 g/mol. The normalized spacial score (nSPS) is 10.9. The number of benzene rings is 1. The number of rotatable bonds is 6. The lowest BCUT2D eigenvalue weighted by molar-refractivity contribution is 0.0945. The van der Waals surface area contributed by atoms with Crippen LogP contribution in [0.3, 0.4) is 0 Å². The van der Waals surface area contributed by atoms with Crippen molar-refractivity contribution in [3.05, 3.63) is 84.1 Å². The second-order valence-corrected chi connectivity index (χ2v) is 5.98. The van der Waals surface area contributed by atoms with E-state index in [2.05, 4.69) is 32.7 Å². The Hall–Kier alpha value is -3.48. The molecule has 0 aliphatic carbocycles. The zero-order chi connectivity index (χ0) is 17.8. The fourth-order valence-corrected chi connectivity index (χ4v) is 2.73. The second-order valence-electron chi connectivity index (χ2n) is 5.98. The summed E-state index contributed by atoms with van der Waals surface area (Å²) in [5, 5.41) is 10.8. The number of nitrogens with zero attached hydrogens (tertiary/aromatic N) is 5. The second kappa shape index (κ2) is 7.18. The van der Waals surface area contributed by atoms with Gasteiger partial charge in [0.15, 0.2) is 5.69 Å². The van der Waals surface area contributed by atoms with E-state index in [1.54, 1.807) is 10.9 Å². The zero-order valence-electron chi connectivity index (χ0n) is 14.1. The van der Waals surface area contributed by atoms with Gasteiger partial charge in [0.25, 0.3) is 5.91 Å². The minimum Gasteiger partial charge on any atom is -0.345 e. The van der Waals surface area contributed by atoms with Crippen LogP contribution in [0.2, 0.25) is 0 Å². The zero-order valence-corrected chi connectivity index (χ0v) is 14.1. The van der Waals surface area contributed by atoms with Crippen LogP contribution in [0.4, 0.5) is 0 Å². The highest BCUT2D eigenvalue weighted by Crippen LogP contribution is 2.05. The number of carbonyl (C=O) groups is 1. The van der Waals surface area contributed by atoms with Crippen molar-refractivity contribution in [1.29, 1.82) is 0 Å². The Kier molecular flexibility index (Phi) is 4.42. The van der Waals surface area contributed by atoms with Crippen molar-refractivity contribution < 1.29 is 4.79 Å². The molecule has 0 saturated carbocycles. The SMILES string of the molecule is O=C(NCc1cn2ccccc2n1)c1cn(CCc2ccccc2)nn1. The summed E-state index contributed by atoms with van der Waals surface area (Å²) in [5.74, 6) is -0.256. The third kappa shape index (κ3) is 3.61. The molecule has 1 aromatic carbocycles. The predicted octanol–water partition coefficient (Wildman–Crippen LogP) is 2.10. The third-order valence-corrected chi connectivity index (χ3v) is 4.09. The molecule has 0 saturated heterocycles. The number of fused-ring (bicyclic) bond motifs is 1. The molecule has 0 atom stereocenters. The average Bonchev–Trinajstić information content (AvgIpc) is 3.32. The lowest BCUT2D eigenvalue weighted by atomic mass is 10.1. The fourth-order valence-electron chi connectivity index (χ4n) is 2.73. The molecule has 0 radical (unpaired) electrons. The molecule has 1 amide bonds. The molecular formula is C19H18N6O. The van der Waals surface area contributed by atoms with Gasteiger partial charge in [0.05, 0.1) is 18.4 Å². The maximum absolute atomic E-state index is 12.3. The average molecular weight is 346 g/mol. The molecule has 0 spiro atoms. The van der Waals surface area contributed by atoms with Crippen LogP contribution in [0, 0.1) is 0 Å². The van der Waals surface area contributed by atoms with Crippen molar-refractivity contribution in [3.8, 4) is 0 Å². The van der Waals surface area contributed by atoms with Crippen LogP contribution in [0.1, 0.15) is 21.7 Å². The van der Waals surface area contributed by atoms with Gasteiger partial charge in [0.1, 0.15) is 5.65 Å². The van der Waals surface area contributed by atoms with Crippen molar-refractivity contribution in [2.24, 2.45) is 0 Å². The van der Waals surface area contributed by atoms with Gasteiger partial charge in [-0.3, -0.25) is 9.48 Å². The van der Waals surface area contributed by atoms with Crippen LogP contribution < -0.4 is 5.32 Å². The van der Waals surface area contributed by atoms with E-state index in [4.69, 9.17) is 0 Å². The molecule has 0 unspecified atom stereocenters. The topological polar surface area (TPSA) is 77.1 Å². The highest BCUT2D eigenvalue weighted by Gasteiger charge is 2.11. The quantitative estimate of drug-likeness (QED) is 0.580. The number of aryl methyl sites for hydroxylation is 2. The highest BCUT2D eigenvalue weighted by molar-refractivity contribution is 5.91. The van der Waals surface area contributed by atoms with Gasteiger partial charge in [-0.25, -0.2) is 4.98 Å². The molecule has 3 heterocycles. The molecule has 7 nitrogen and oxygen atoms in total. The molecule has 4 rings (SSSR count). The van der Waals surface area contributed by atoms with E-state index in [0.29, 0.717) is 18.8 Å². The number of nitrogens with one attached hydrogen (secondary N) is 1. The Balaban J connectivity index is 1.34. The van der Waals surface area contributed by atoms with Crippen LogP contribution in [0.5, 0.6) is 0 Å². The first kappa shape index (κ1) is 16.0. The molecule has 0 aliphatic rings. The van der Waals surface area contributed by atoms with Crippen LogP contribution >= 0.6 is 0 Å². The van der Waals surface area contributed by atoms with Gasteiger partial charge in [-0.15, -0.1) is 5.10 Å². The fraction of sp³-hybridized carbons (Fsp3) is 0.158. The van der Waals surface area contributed by atoms with Crippen molar-refractivity contribution in [3.63, 3.8) is 0 Å². The third-order valence-electron chi connectivity index (χ3n) is 4.09. The van der Waals surface area contributed by atoms with E-state index in [1.807, 2.05) is 53.2 Å². The van der Waals surface area contributed by atoms with Crippen LogP contribution in [-0.4, -0.2) is 30.3 Å². The van der Waals surface area contributed by atoms with E-state index < -0.39 is 0 Å². The summed E-state index contributed by atoms with van der Waals surface area (Å²) in [6, 6.07) is 15.9. The summed E-state index contributed by atoms with van der Waals surface area (Å²) in [6.07, 6.45) is 6.33. The standard InChI is InChI=1S/C19H18N6O/c26-19(20-12-16-13-24-10-5-4-8-18(24)21-16)17-14-25(23-22-17)11-9-15-6-2-1-3-7-15/h1-8,10,13-14H,9,11-12H2,(H,20,26). The van der Waals surface area contributed by atoms with Gasteiger partial charge in [-0.05, 0) is 24.1 Å². The molecule has 130 valence electrons. The summed E-state index contributed by atoms with van der Waals surface area (Å²) in [7, 11) is 0. The number of hydrogen-bond acceptors (Lipinski definition) is 4. The summed E-state index contributed by atoms with van der Waals surface area (Å²) in [4.78, 5) is 16.7. The predicted molar refractivity (Wildman–Crippen MR) is 96.5 cm³/mol. The van der Waals surface area contributed by atoms with E-state index >= 15 is 0 Å². The van der Waals surface area contributed by atoms with E-state index in [1.165, 1.54) is 5.56 Å². The van der Waals surface area contributed by atoms with Gasteiger partial charge < -0.3 is 9.72 Å². The van der Waals surface area contributed by atoms with Crippen molar-refractivity contribution in [2.75, 3.05) is 0 Å². The lowest BCUT2D eigenvalue weighted by Gasteiger charge is -2.01. The first-order valence-electron chi connectivity index (χ1n) is 8.43. The maximum atomic E-state index is 12.3. The summed E-state index contributed by atoms with van der Waals surface area (Å²) < 4.78 is 3.61. The number of amides is 1. The lowest BCUT2D eigenvalue weighted by Crippen LogP contribution is -2.23. The van der Waals surface area contributed by atoms with Gasteiger partial charge in [0.2, 0.25) is 0 Å². The largest absolute Gasteiger partial charge is 0.345 e. The Morgan fingerprint density at radius 3 is 2.73 bits per heavy atom. The number of hydrogen-bond donors (Lipinski definition) is 1. The molecule has 3 aromatic heterocycles. The summed E-state index contributed by atoms with van der Waals surface area (Å²) >= 11 is 0. The number of imidazole rings is 1. The molecule has 0 aliphatic heterocycles. The smallest absolute Gasteiger partial charge is 0.273 e. The van der Waals surface area contributed by atoms with Gasteiger partial charge >= 0.3 is 0 Å². The minimum atomic E-state index is -0.256. The van der Waals surface area contributed by atoms with Crippen molar-refractivity contribution >= 4 is 11.6 Å². The van der Waals surface area contributed by atoms with Crippen LogP contribution in [-0.2, 0) is 19.5 Å². The van der Waals surface area contributed by atoms with Gasteiger partial charge in [0, 0.05) is 18.9 Å². The first-order valence-corrected chi connectivity index (χ1v) is 8.43. The molecule has 0 fully saturated rings. The molecule has 1 N–H and O–H groups in total. The Morgan fingerprint density at radius 1 is 1.04 bits per heavy atom. The van der Waals surface area contributed by atoms with E-state index in [-0.39, 0.29) is 5.91 Å². The molecule has 26 heavy (non-hydrogen) atoms. The Labute approximate surface area is 150 Å². The summed E-state index contributed by atoms with van der Waals surface area (Å²) in [5.41, 5.74) is 3.17. The Morgan fingerprint density at radius 2 is 1.88 bits per heavy atom. The molecule has 0 bridgehead atoms. The highest BCUT2D eigenvalue weighted by atomic mass is 16.2. The number of pyridine rings is 1. The molecule has 4 aromatic rings. The molecule has 7 heteroatoms. The maximum Gasteiger partial charge on any atom is 0.273 e. The Bertz CT molecular complexity index is 988. The number of carbonyl (C=O) groups excluding carboxylic acids is 1.